The van der Waals surface area contributed by atoms with Crippen molar-refractivity contribution in [3.63, 3.8) is 0 Å². The number of nitrogens with one attached hydrogen (secondary N) is 1. The second kappa shape index (κ2) is 8.79. The van der Waals surface area contributed by atoms with Crippen LogP contribution in [0.15, 0.2) is 24.3 Å². The molecule has 1 N–H and O–H groups in total. The highest BCUT2D eigenvalue weighted by Gasteiger charge is 2.22. The number of carbonyl (C=O) groups excluding carboxylic acids is 2. The Hall–Kier alpha value is -2.32. The molecule has 1 aliphatic carbocycles. The second-order valence-electron chi connectivity index (χ2n) is 7.22. The maximum absolute atomic E-state index is 12.5. The third-order valence-electron chi connectivity index (χ3n) is 5.28. The molecule has 2 heterocycles. The summed E-state index contributed by atoms with van der Waals surface area (Å²) in [5, 5.41) is 12.5. The molecule has 2 amide bonds. The van der Waals surface area contributed by atoms with Crippen LogP contribution < -0.4 is 5.32 Å². The second-order valence-corrected chi connectivity index (χ2v) is 8.23. The molecule has 8 heteroatoms. The number of amides is 2. The van der Waals surface area contributed by atoms with E-state index in [0.29, 0.717) is 48.5 Å². The molecule has 1 saturated heterocycles. The highest BCUT2D eigenvalue weighted by molar-refractivity contribution is 7.13. The first-order valence-electron chi connectivity index (χ1n) is 9.82. The molecule has 4 rings (SSSR count). The fourth-order valence-electron chi connectivity index (χ4n) is 3.67. The van der Waals surface area contributed by atoms with Gasteiger partial charge >= 0.3 is 0 Å². The summed E-state index contributed by atoms with van der Waals surface area (Å²) in [6, 6.07) is 6.96. The summed E-state index contributed by atoms with van der Waals surface area (Å²) in [5.74, 6) is 0.174. The minimum atomic E-state index is -0.258. The van der Waals surface area contributed by atoms with E-state index in [0.717, 1.165) is 17.8 Å². The Balaban J connectivity index is 1.36. The third-order valence-corrected chi connectivity index (χ3v) is 6.36. The molecule has 1 aromatic heterocycles. The number of morpholine rings is 1. The lowest BCUT2D eigenvalue weighted by Gasteiger charge is -2.26. The smallest absolute Gasteiger partial charge is 0.286 e. The number of ether oxygens (including phenoxy) is 1. The van der Waals surface area contributed by atoms with E-state index in [2.05, 4.69) is 15.5 Å². The molecule has 2 fully saturated rings. The van der Waals surface area contributed by atoms with Crippen molar-refractivity contribution < 1.29 is 14.3 Å². The van der Waals surface area contributed by atoms with E-state index in [1.54, 1.807) is 29.2 Å². The Morgan fingerprint density at radius 3 is 2.46 bits per heavy atom. The van der Waals surface area contributed by atoms with E-state index >= 15 is 0 Å². The average molecular weight is 401 g/mol. The summed E-state index contributed by atoms with van der Waals surface area (Å²) < 4.78 is 5.28. The van der Waals surface area contributed by atoms with Crippen LogP contribution in [0.3, 0.4) is 0 Å². The molecule has 0 radical (unpaired) electrons. The largest absolute Gasteiger partial charge is 0.378 e. The highest BCUT2D eigenvalue weighted by Crippen LogP contribution is 2.34. The molecular formula is C20H24N4O3S. The van der Waals surface area contributed by atoms with E-state index in [-0.39, 0.29) is 11.8 Å². The molecule has 0 atom stereocenters. The van der Waals surface area contributed by atoms with Gasteiger partial charge in [0.1, 0.15) is 5.01 Å². The first kappa shape index (κ1) is 19.0. The molecule has 28 heavy (non-hydrogen) atoms. The van der Waals surface area contributed by atoms with Crippen LogP contribution in [0, 0.1) is 0 Å². The molecule has 0 unspecified atom stereocenters. The van der Waals surface area contributed by atoms with Gasteiger partial charge in [-0.05, 0) is 37.1 Å². The van der Waals surface area contributed by atoms with Crippen LogP contribution in [-0.4, -0.2) is 53.2 Å². The summed E-state index contributed by atoms with van der Waals surface area (Å²) in [5.41, 5.74) is 1.24. The predicted octanol–water partition coefficient (Wildman–Crippen LogP) is 3.31. The zero-order valence-corrected chi connectivity index (χ0v) is 16.5. The summed E-state index contributed by atoms with van der Waals surface area (Å²) in [7, 11) is 0. The van der Waals surface area contributed by atoms with Gasteiger partial charge in [-0.3, -0.25) is 9.59 Å². The topological polar surface area (TPSA) is 84.4 Å². The van der Waals surface area contributed by atoms with E-state index in [1.807, 2.05) is 0 Å². The van der Waals surface area contributed by atoms with Gasteiger partial charge in [-0.2, -0.15) is 0 Å². The Bertz CT molecular complexity index is 824. The van der Waals surface area contributed by atoms with Gasteiger partial charge < -0.3 is 15.0 Å². The van der Waals surface area contributed by atoms with Gasteiger partial charge in [0.25, 0.3) is 11.8 Å². The van der Waals surface area contributed by atoms with Crippen molar-refractivity contribution in [1.82, 2.24) is 15.1 Å². The van der Waals surface area contributed by atoms with Gasteiger partial charge in [0.15, 0.2) is 0 Å². The van der Waals surface area contributed by atoms with Crippen LogP contribution >= 0.6 is 11.3 Å². The van der Waals surface area contributed by atoms with Gasteiger partial charge in [0, 0.05) is 30.3 Å². The standard InChI is InChI=1S/C20H24N4O3S/c25-17(19-23-22-18(28-19)14-4-2-1-3-5-14)21-16-8-6-15(7-9-16)20(26)24-10-12-27-13-11-24/h6-9,14H,1-5,10-13H2,(H,21,25). The molecule has 0 bridgehead atoms. The van der Waals surface area contributed by atoms with Crippen molar-refractivity contribution in [2.45, 2.75) is 38.0 Å². The van der Waals surface area contributed by atoms with Crippen molar-refractivity contribution in [2.24, 2.45) is 0 Å². The van der Waals surface area contributed by atoms with Crippen molar-refractivity contribution >= 4 is 28.8 Å². The number of nitrogens with zero attached hydrogens (tertiary/aromatic N) is 3. The van der Waals surface area contributed by atoms with Crippen molar-refractivity contribution in [1.29, 1.82) is 0 Å². The van der Waals surface area contributed by atoms with Gasteiger partial charge in [-0.25, -0.2) is 0 Å². The van der Waals surface area contributed by atoms with Crippen LogP contribution in [0.25, 0.3) is 0 Å². The van der Waals surface area contributed by atoms with E-state index in [4.69, 9.17) is 4.74 Å². The highest BCUT2D eigenvalue weighted by atomic mass is 32.1. The fourth-order valence-corrected chi connectivity index (χ4v) is 4.58. The number of aromatic nitrogens is 2. The Labute approximate surface area is 168 Å². The number of hydrogen-bond acceptors (Lipinski definition) is 6. The lowest BCUT2D eigenvalue weighted by Crippen LogP contribution is -2.40. The van der Waals surface area contributed by atoms with Gasteiger partial charge in [-0.1, -0.05) is 30.6 Å². The van der Waals surface area contributed by atoms with Crippen LogP contribution in [0.4, 0.5) is 5.69 Å². The number of rotatable bonds is 4. The Morgan fingerprint density at radius 2 is 1.75 bits per heavy atom. The zero-order valence-electron chi connectivity index (χ0n) is 15.7. The quantitative estimate of drug-likeness (QED) is 0.851. The average Bonchev–Trinajstić information content (AvgIpc) is 3.26. The minimum absolute atomic E-state index is 0.0116. The first-order valence-corrected chi connectivity index (χ1v) is 10.6. The molecule has 1 aliphatic heterocycles. The van der Waals surface area contributed by atoms with Crippen LogP contribution in [0.2, 0.25) is 0 Å². The molecule has 2 aliphatic rings. The summed E-state index contributed by atoms with van der Waals surface area (Å²) in [4.78, 5) is 26.7. The fraction of sp³-hybridized carbons (Fsp3) is 0.500. The van der Waals surface area contributed by atoms with Crippen LogP contribution in [-0.2, 0) is 4.74 Å². The Morgan fingerprint density at radius 1 is 1.04 bits per heavy atom. The van der Waals surface area contributed by atoms with Crippen LogP contribution in [0.1, 0.15) is 63.2 Å². The van der Waals surface area contributed by atoms with E-state index < -0.39 is 0 Å². The van der Waals surface area contributed by atoms with E-state index in [1.165, 1.54) is 30.6 Å². The minimum Gasteiger partial charge on any atom is -0.378 e. The molecule has 2 aromatic rings. The number of benzene rings is 1. The lowest BCUT2D eigenvalue weighted by molar-refractivity contribution is 0.0303. The number of hydrogen-bond donors (Lipinski definition) is 1. The lowest BCUT2D eigenvalue weighted by atomic mass is 9.90. The third kappa shape index (κ3) is 4.39. The maximum Gasteiger partial charge on any atom is 0.286 e. The monoisotopic (exact) mass is 400 g/mol. The molecule has 0 spiro atoms. The molecule has 7 nitrogen and oxygen atoms in total. The summed E-state index contributed by atoms with van der Waals surface area (Å²) in [6.07, 6.45) is 6.00. The SMILES string of the molecule is O=C(Nc1ccc(C(=O)N2CCOCC2)cc1)c1nnc(C2CCCCC2)s1. The maximum atomic E-state index is 12.5. The van der Waals surface area contributed by atoms with Crippen molar-refractivity contribution in [3.8, 4) is 0 Å². The number of carbonyl (C=O) groups is 2. The molecule has 148 valence electrons. The first-order chi connectivity index (χ1) is 13.7. The van der Waals surface area contributed by atoms with Crippen LogP contribution in [0.5, 0.6) is 0 Å². The zero-order chi connectivity index (χ0) is 19.3. The predicted molar refractivity (Wildman–Crippen MR) is 107 cm³/mol. The molecule has 1 aromatic carbocycles. The van der Waals surface area contributed by atoms with Gasteiger partial charge in [-0.15, -0.1) is 10.2 Å². The normalized spacial score (nSPS) is 18.1. The molecular weight excluding hydrogens is 376 g/mol. The number of anilines is 1. The van der Waals surface area contributed by atoms with Gasteiger partial charge in [0.2, 0.25) is 5.01 Å². The van der Waals surface area contributed by atoms with E-state index in [9.17, 15) is 9.59 Å². The Kier molecular flexibility index (Phi) is 5.97. The summed E-state index contributed by atoms with van der Waals surface area (Å²) in [6.45, 7) is 2.37. The van der Waals surface area contributed by atoms with Crippen molar-refractivity contribution in [3.05, 3.63) is 39.8 Å². The molecule has 1 saturated carbocycles. The summed E-state index contributed by atoms with van der Waals surface area (Å²) >= 11 is 1.39. The van der Waals surface area contributed by atoms with Gasteiger partial charge in [0.05, 0.1) is 13.2 Å². The van der Waals surface area contributed by atoms with Crippen molar-refractivity contribution in [2.75, 3.05) is 31.6 Å².